The van der Waals surface area contributed by atoms with Gasteiger partial charge < -0.3 is 20.3 Å². The predicted octanol–water partition coefficient (Wildman–Crippen LogP) is 20.0. The Morgan fingerprint density at radius 3 is 1.01 bits per heavy atom. The highest BCUT2D eigenvalue weighted by molar-refractivity contribution is 5.76. The molecule has 0 aliphatic rings. The topological polar surface area (TPSA) is 95.9 Å². The molecular weight excluding hydrogens is 863 g/mol. The molecule has 0 rings (SSSR count). The number of aliphatic hydroxyl groups excluding tert-OH is 2. The fourth-order valence-electron chi connectivity index (χ4n) is 10.2. The maximum absolute atomic E-state index is 12.5. The van der Waals surface area contributed by atoms with Crippen LogP contribution in [0.2, 0.25) is 0 Å². The summed E-state index contributed by atoms with van der Waals surface area (Å²) < 4.78 is 5.50. The number of nitrogens with one attached hydrogen (secondary N) is 1. The fourth-order valence-corrected chi connectivity index (χ4v) is 10.2. The monoisotopic (exact) mass is 988 g/mol. The van der Waals surface area contributed by atoms with E-state index in [9.17, 15) is 19.8 Å². The lowest BCUT2D eigenvalue weighted by Gasteiger charge is -2.22. The van der Waals surface area contributed by atoms with E-state index < -0.39 is 12.1 Å². The van der Waals surface area contributed by atoms with Crippen LogP contribution in [0.4, 0.5) is 0 Å². The number of ether oxygens (including phenoxy) is 1. The Labute approximate surface area is 438 Å². The van der Waals surface area contributed by atoms with Crippen molar-refractivity contribution < 1.29 is 24.5 Å². The highest BCUT2D eigenvalue weighted by Crippen LogP contribution is 2.18. The number of amides is 1. The minimum atomic E-state index is -0.669. The summed E-state index contributed by atoms with van der Waals surface area (Å²) in [6.45, 7) is 4.97. The zero-order valence-corrected chi connectivity index (χ0v) is 47.5. The average molecular weight is 989 g/mol. The molecule has 6 nitrogen and oxygen atoms in total. The van der Waals surface area contributed by atoms with Crippen molar-refractivity contribution in [2.24, 2.45) is 0 Å². The van der Waals surface area contributed by atoms with Gasteiger partial charge in [-0.2, -0.15) is 0 Å². The van der Waals surface area contributed by atoms with E-state index in [0.717, 1.165) is 38.5 Å². The van der Waals surface area contributed by atoms with Crippen LogP contribution in [-0.4, -0.2) is 47.4 Å². The smallest absolute Gasteiger partial charge is 0.305 e. The van der Waals surface area contributed by atoms with E-state index in [1.807, 2.05) is 0 Å². The molecular formula is C64H125NO5. The highest BCUT2D eigenvalue weighted by atomic mass is 16.5. The number of unbranched alkanes of at least 4 members (excludes halogenated alkanes) is 47. The summed E-state index contributed by atoms with van der Waals surface area (Å²) in [5, 5.41) is 23.3. The van der Waals surface area contributed by atoms with Crippen molar-refractivity contribution in [3.63, 3.8) is 0 Å². The molecule has 0 spiro atoms. The van der Waals surface area contributed by atoms with Crippen LogP contribution in [0.15, 0.2) is 12.2 Å². The van der Waals surface area contributed by atoms with Gasteiger partial charge in [-0.15, -0.1) is 0 Å². The van der Waals surface area contributed by atoms with E-state index in [2.05, 4.69) is 31.3 Å². The van der Waals surface area contributed by atoms with Crippen LogP contribution in [-0.2, 0) is 14.3 Å². The van der Waals surface area contributed by atoms with Gasteiger partial charge in [0.05, 0.1) is 25.4 Å². The summed E-state index contributed by atoms with van der Waals surface area (Å²) in [6, 6.07) is -0.547. The van der Waals surface area contributed by atoms with Crippen LogP contribution in [0.3, 0.4) is 0 Å². The van der Waals surface area contributed by atoms with E-state index in [-0.39, 0.29) is 18.5 Å². The number of allylic oxidation sites excluding steroid dienone is 2. The van der Waals surface area contributed by atoms with Gasteiger partial charge in [-0.1, -0.05) is 309 Å². The minimum absolute atomic E-state index is 0.0118. The Kier molecular flexibility index (Phi) is 59.0. The third-order valence-electron chi connectivity index (χ3n) is 15.1. The van der Waals surface area contributed by atoms with Crippen LogP contribution < -0.4 is 5.32 Å². The van der Waals surface area contributed by atoms with E-state index in [1.54, 1.807) is 0 Å². The van der Waals surface area contributed by atoms with Gasteiger partial charge in [0.25, 0.3) is 0 Å². The quantitative estimate of drug-likeness (QED) is 0.0321. The molecule has 0 aliphatic heterocycles. The van der Waals surface area contributed by atoms with Crippen molar-refractivity contribution in [1.29, 1.82) is 0 Å². The van der Waals surface area contributed by atoms with E-state index in [4.69, 9.17) is 4.74 Å². The first-order valence-electron chi connectivity index (χ1n) is 31.9. The number of carbonyl (C=O) groups excluding carboxylic acids is 2. The molecule has 0 aromatic heterocycles. The van der Waals surface area contributed by atoms with Gasteiger partial charge in [0.2, 0.25) is 5.91 Å². The Hall–Kier alpha value is -1.40. The maximum Gasteiger partial charge on any atom is 0.305 e. The lowest BCUT2D eigenvalue weighted by atomic mass is 10.0. The molecule has 0 heterocycles. The summed E-state index contributed by atoms with van der Waals surface area (Å²) in [5.74, 6) is -0.0296. The first-order valence-corrected chi connectivity index (χ1v) is 31.9. The van der Waals surface area contributed by atoms with Gasteiger partial charge in [-0.25, -0.2) is 0 Å². The maximum atomic E-state index is 12.5. The standard InChI is InChI=1S/C64H125NO5/c1-3-5-7-9-11-13-15-17-19-20-23-27-30-34-38-42-46-50-54-58-64(69)70-59-55-51-47-43-39-35-31-28-25-22-21-24-26-29-33-37-41-45-49-53-57-63(68)65-61(60-66)62(67)56-52-48-44-40-36-32-18-16-14-12-10-8-6-4-2/h21,24,61-62,66-67H,3-20,22-23,25-60H2,1-2H3,(H,65,68)/b24-21-. The lowest BCUT2D eigenvalue weighted by Crippen LogP contribution is -2.45. The van der Waals surface area contributed by atoms with Crippen LogP contribution in [0.5, 0.6) is 0 Å². The fraction of sp³-hybridized carbons (Fsp3) is 0.938. The van der Waals surface area contributed by atoms with Gasteiger partial charge in [-0.05, 0) is 51.4 Å². The zero-order chi connectivity index (χ0) is 50.7. The van der Waals surface area contributed by atoms with Gasteiger partial charge in [-0.3, -0.25) is 9.59 Å². The second kappa shape index (κ2) is 60.2. The number of carbonyl (C=O) groups is 2. The zero-order valence-electron chi connectivity index (χ0n) is 47.5. The van der Waals surface area contributed by atoms with Crippen molar-refractivity contribution in [2.75, 3.05) is 13.2 Å². The van der Waals surface area contributed by atoms with Gasteiger partial charge in [0.1, 0.15) is 0 Å². The molecule has 416 valence electrons. The Balaban J connectivity index is 3.39. The molecule has 0 aliphatic carbocycles. The van der Waals surface area contributed by atoms with Crippen molar-refractivity contribution in [3.05, 3.63) is 12.2 Å². The normalized spacial score (nSPS) is 12.6. The molecule has 70 heavy (non-hydrogen) atoms. The molecule has 0 saturated heterocycles. The second-order valence-corrected chi connectivity index (χ2v) is 22.1. The van der Waals surface area contributed by atoms with Crippen LogP contribution in [0, 0.1) is 0 Å². The van der Waals surface area contributed by atoms with Gasteiger partial charge in [0, 0.05) is 12.8 Å². The largest absolute Gasteiger partial charge is 0.466 e. The summed E-state index contributed by atoms with van der Waals surface area (Å²) in [4.78, 5) is 24.6. The van der Waals surface area contributed by atoms with Crippen molar-refractivity contribution in [3.8, 4) is 0 Å². The molecule has 6 heteroatoms. The predicted molar refractivity (Wildman–Crippen MR) is 306 cm³/mol. The van der Waals surface area contributed by atoms with Gasteiger partial charge in [0.15, 0.2) is 0 Å². The van der Waals surface area contributed by atoms with Crippen LogP contribution >= 0.6 is 0 Å². The highest BCUT2D eigenvalue weighted by Gasteiger charge is 2.20. The Bertz CT molecular complexity index is 1050. The van der Waals surface area contributed by atoms with Gasteiger partial charge >= 0.3 is 5.97 Å². The SMILES string of the molecule is CCCCCCCCCCCCCCCCCCCCCC(=O)OCCCCCCCCCCC/C=C\CCCCCCCCCC(=O)NC(CO)C(O)CCCCCCCCCCCCCCCC. The van der Waals surface area contributed by atoms with E-state index in [1.165, 1.54) is 289 Å². The Morgan fingerprint density at radius 1 is 0.386 bits per heavy atom. The molecule has 3 N–H and O–H groups in total. The molecule has 2 unspecified atom stereocenters. The van der Waals surface area contributed by atoms with E-state index >= 15 is 0 Å². The molecule has 0 saturated carbocycles. The number of hydrogen-bond donors (Lipinski definition) is 3. The number of esters is 1. The third kappa shape index (κ3) is 55.9. The number of rotatable bonds is 60. The molecule has 0 bridgehead atoms. The molecule has 0 aromatic rings. The molecule has 0 aromatic carbocycles. The van der Waals surface area contributed by atoms with E-state index in [0.29, 0.717) is 25.9 Å². The average Bonchev–Trinajstić information content (AvgIpc) is 3.36. The molecule has 0 radical (unpaired) electrons. The molecule has 0 fully saturated rings. The molecule has 2 atom stereocenters. The molecule has 1 amide bonds. The first kappa shape index (κ1) is 68.6. The van der Waals surface area contributed by atoms with Crippen molar-refractivity contribution in [2.45, 2.75) is 373 Å². The summed E-state index contributed by atoms with van der Waals surface area (Å²) in [7, 11) is 0. The number of hydrogen-bond acceptors (Lipinski definition) is 5. The Morgan fingerprint density at radius 2 is 0.671 bits per heavy atom. The summed E-state index contributed by atoms with van der Waals surface area (Å²) in [5.41, 5.74) is 0. The van der Waals surface area contributed by atoms with Crippen LogP contribution in [0.1, 0.15) is 361 Å². The third-order valence-corrected chi connectivity index (χ3v) is 15.1. The lowest BCUT2D eigenvalue weighted by molar-refractivity contribution is -0.143. The van der Waals surface area contributed by atoms with Crippen molar-refractivity contribution >= 4 is 11.9 Å². The first-order chi connectivity index (χ1) is 34.5. The van der Waals surface area contributed by atoms with Crippen molar-refractivity contribution in [1.82, 2.24) is 5.32 Å². The number of aliphatic hydroxyl groups is 2. The summed E-state index contributed by atoms with van der Waals surface area (Å²) >= 11 is 0. The second-order valence-electron chi connectivity index (χ2n) is 22.1. The summed E-state index contributed by atoms with van der Waals surface area (Å²) in [6.07, 6.45) is 72.3. The minimum Gasteiger partial charge on any atom is -0.466 e. The van der Waals surface area contributed by atoms with Crippen LogP contribution in [0.25, 0.3) is 0 Å².